The van der Waals surface area contributed by atoms with Gasteiger partial charge in [0.15, 0.2) is 0 Å². The van der Waals surface area contributed by atoms with Crippen LogP contribution in [-0.2, 0) is 27.9 Å². The van der Waals surface area contributed by atoms with Gasteiger partial charge in [-0.05, 0) is 103 Å². The molecule has 0 aromatic rings. The molecule has 1 saturated carbocycles. The van der Waals surface area contributed by atoms with E-state index in [1.54, 1.807) is 0 Å². The molecule has 0 aliphatic heterocycles. The largest absolute Gasteiger partial charge is 0.472 e. The second kappa shape index (κ2) is 45.6. The van der Waals surface area contributed by atoms with Gasteiger partial charge in [0.2, 0.25) is 0 Å². The van der Waals surface area contributed by atoms with Gasteiger partial charge in [0.25, 0.3) is 0 Å². The van der Waals surface area contributed by atoms with Crippen molar-refractivity contribution in [3.05, 3.63) is 122 Å². The molecule has 6 N–H and O–H groups in total. The highest BCUT2D eigenvalue weighted by Crippen LogP contribution is 2.47. The molecule has 1 aliphatic rings. The van der Waals surface area contributed by atoms with Crippen LogP contribution < -0.4 is 0 Å². The average Bonchev–Trinajstić information content (AvgIpc) is 3.35. The van der Waals surface area contributed by atoms with E-state index >= 15 is 0 Å². The van der Waals surface area contributed by atoms with Crippen LogP contribution in [0.25, 0.3) is 0 Å². The van der Waals surface area contributed by atoms with Gasteiger partial charge < -0.3 is 39.9 Å². The van der Waals surface area contributed by atoms with E-state index in [1.807, 2.05) is 0 Å². The Hall–Kier alpha value is -3.26. The molecule has 0 aromatic heterocycles. The quantitative estimate of drug-likeness (QED) is 0.0147. The Kier molecular flexibility index (Phi) is 42.2. The van der Waals surface area contributed by atoms with Gasteiger partial charge in [0.05, 0.1) is 13.2 Å². The van der Waals surface area contributed by atoms with Crippen molar-refractivity contribution in [2.75, 3.05) is 19.8 Å². The number of phosphoric acid groups is 1. The fourth-order valence-corrected chi connectivity index (χ4v) is 8.20. The van der Waals surface area contributed by atoms with Crippen molar-refractivity contribution < 1.29 is 58.3 Å². The van der Waals surface area contributed by atoms with E-state index in [0.717, 1.165) is 141 Å². The molecule has 0 aromatic carbocycles. The number of aliphatic hydroxyl groups excluding tert-OH is 5. The molecule has 70 heavy (non-hydrogen) atoms. The van der Waals surface area contributed by atoms with Gasteiger partial charge in [-0.3, -0.25) is 13.8 Å². The van der Waals surface area contributed by atoms with Crippen molar-refractivity contribution in [2.24, 2.45) is 0 Å². The van der Waals surface area contributed by atoms with Crippen LogP contribution in [0.2, 0.25) is 0 Å². The number of carbonyl (C=O) groups is 1. The summed E-state index contributed by atoms with van der Waals surface area (Å²) in [4.78, 5) is 23.3. The third-order valence-corrected chi connectivity index (χ3v) is 12.3. The third-order valence-electron chi connectivity index (χ3n) is 11.3. The molecule has 0 spiro atoms. The number of rotatable bonds is 43. The predicted molar refractivity (Wildman–Crippen MR) is 285 cm³/mol. The van der Waals surface area contributed by atoms with Crippen LogP contribution in [0.3, 0.4) is 0 Å². The molecule has 6 atom stereocenters. The Bertz CT molecular complexity index is 1610. The second-order valence-electron chi connectivity index (χ2n) is 17.6. The van der Waals surface area contributed by atoms with Crippen LogP contribution >= 0.6 is 7.82 Å². The Labute approximate surface area is 422 Å². The van der Waals surface area contributed by atoms with Crippen molar-refractivity contribution in [1.82, 2.24) is 0 Å². The summed E-state index contributed by atoms with van der Waals surface area (Å²) in [7, 11) is -5.05. The zero-order chi connectivity index (χ0) is 51.2. The Morgan fingerprint density at radius 3 is 1.21 bits per heavy atom. The number of carbonyl (C=O) groups excluding carboxylic acids is 1. The molecule has 1 fully saturated rings. The lowest BCUT2D eigenvalue weighted by atomic mass is 9.85. The number of esters is 1. The Morgan fingerprint density at radius 1 is 0.457 bits per heavy atom. The highest BCUT2D eigenvalue weighted by Gasteiger charge is 2.51. The highest BCUT2D eigenvalue weighted by molar-refractivity contribution is 7.47. The molecule has 0 radical (unpaired) electrons. The molecule has 0 heterocycles. The summed E-state index contributed by atoms with van der Waals surface area (Å²) in [5.74, 6) is -0.507. The monoisotopic (exact) mass is 1000 g/mol. The van der Waals surface area contributed by atoms with Gasteiger partial charge in [-0.2, -0.15) is 0 Å². The standard InChI is InChI=1S/C57H93O12P/c1-3-5-7-9-11-13-15-17-19-21-23-25-27-29-31-33-35-37-39-41-43-45-47-66-48-50(49-67-70(64,65)69-57-55(62)53(60)52(59)54(61)56(57)63)68-51(58)46-44-42-40-38-36-34-32-30-28-26-24-22-20-18-16-14-12-10-8-6-4-2/h5-8,11-14,17-20,23-26,29-32,50,52-57,59-63H,3-4,9-10,15-16,21-22,27-28,33-49H2,1-2H3,(H,64,65)/b7-5-,8-6-,13-11-,14-12-,19-17-,20-18-,25-23-,26-24-,31-29-,32-30-. The van der Waals surface area contributed by atoms with E-state index in [0.29, 0.717) is 13.0 Å². The smallest absolute Gasteiger partial charge is 0.457 e. The fraction of sp³-hybridized carbons (Fsp3) is 0.632. The number of allylic oxidation sites excluding steroid dienone is 20. The van der Waals surface area contributed by atoms with Gasteiger partial charge in [-0.15, -0.1) is 0 Å². The van der Waals surface area contributed by atoms with E-state index in [1.165, 1.54) is 0 Å². The molecule has 1 rings (SSSR count). The summed E-state index contributed by atoms with van der Waals surface area (Å²) in [6.45, 7) is 3.97. The van der Waals surface area contributed by atoms with Gasteiger partial charge in [0, 0.05) is 13.0 Å². The number of hydrogen-bond acceptors (Lipinski definition) is 11. The summed E-state index contributed by atoms with van der Waals surface area (Å²) < 4.78 is 34.3. The van der Waals surface area contributed by atoms with Crippen LogP contribution in [0.1, 0.15) is 168 Å². The first-order chi connectivity index (χ1) is 34.0. The number of aliphatic hydroxyl groups is 5. The van der Waals surface area contributed by atoms with E-state index in [4.69, 9.17) is 18.5 Å². The van der Waals surface area contributed by atoms with Gasteiger partial charge >= 0.3 is 13.8 Å². The van der Waals surface area contributed by atoms with Crippen LogP contribution in [0, 0.1) is 0 Å². The molecule has 398 valence electrons. The molecule has 12 nitrogen and oxygen atoms in total. The summed E-state index contributed by atoms with van der Waals surface area (Å²) in [6.07, 6.45) is 53.9. The first-order valence-electron chi connectivity index (χ1n) is 26.4. The molecule has 13 heteroatoms. The normalized spacial score (nSPS) is 21.9. The number of phosphoric ester groups is 1. The number of unbranched alkanes of at least 4 members (excludes halogenated alkanes) is 11. The maximum absolute atomic E-state index is 12.9. The third kappa shape index (κ3) is 36.6. The molecular formula is C57H93O12P. The summed E-state index contributed by atoms with van der Waals surface area (Å²) in [6, 6.07) is 0. The lowest BCUT2D eigenvalue weighted by molar-refractivity contribution is -0.220. The van der Waals surface area contributed by atoms with E-state index < -0.39 is 63.1 Å². The lowest BCUT2D eigenvalue weighted by Gasteiger charge is -2.41. The van der Waals surface area contributed by atoms with Crippen molar-refractivity contribution in [1.29, 1.82) is 0 Å². The van der Waals surface area contributed by atoms with Gasteiger partial charge in [0.1, 0.15) is 42.7 Å². The van der Waals surface area contributed by atoms with Crippen LogP contribution in [-0.4, -0.2) is 98.9 Å². The molecule has 0 saturated heterocycles. The molecular weight excluding hydrogens is 908 g/mol. The zero-order valence-electron chi connectivity index (χ0n) is 42.8. The zero-order valence-corrected chi connectivity index (χ0v) is 43.7. The minimum atomic E-state index is -5.05. The summed E-state index contributed by atoms with van der Waals surface area (Å²) >= 11 is 0. The van der Waals surface area contributed by atoms with E-state index in [-0.39, 0.29) is 13.0 Å². The maximum atomic E-state index is 12.9. The summed E-state index contributed by atoms with van der Waals surface area (Å²) in [5, 5.41) is 50.4. The molecule has 0 amide bonds. The highest BCUT2D eigenvalue weighted by atomic mass is 31.2. The number of hydrogen-bond donors (Lipinski definition) is 6. The van der Waals surface area contributed by atoms with E-state index in [9.17, 15) is 39.8 Å². The van der Waals surface area contributed by atoms with Crippen molar-refractivity contribution in [3.63, 3.8) is 0 Å². The fourth-order valence-electron chi connectivity index (χ4n) is 7.23. The minimum Gasteiger partial charge on any atom is -0.457 e. The molecule has 1 aliphatic carbocycles. The SMILES string of the molecule is CC/C=C\C/C=C\C/C=C\C/C=C\C/C=C\CCCCCCCCOCC(COP(=O)(O)OC1C(O)C(O)C(O)C(O)C1O)OC(=O)CCCCCCC/C=C\C/C=C\C/C=C\C/C=C\C/C=C\CC. The molecule has 6 unspecified atom stereocenters. The first kappa shape index (κ1) is 64.8. The summed E-state index contributed by atoms with van der Waals surface area (Å²) in [5.41, 5.74) is 0. The van der Waals surface area contributed by atoms with Crippen LogP contribution in [0.15, 0.2) is 122 Å². The molecule has 0 bridgehead atoms. The van der Waals surface area contributed by atoms with Crippen molar-refractivity contribution >= 4 is 13.8 Å². The average molecular weight is 1000 g/mol. The minimum absolute atomic E-state index is 0.104. The van der Waals surface area contributed by atoms with Crippen LogP contribution in [0.4, 0.5) is 0 Å². The first-order valence-corrected chi connectivity index (χ1v) is 27.9. The Balaban J connectivity index is 2.38. The topological polar surface area (TPSA) is 192 Å². The van der Waals surface area contributed by atoms with Crippen molar-refractivity contribution in [3.8, 4) is 0 Å². The van der Waals surface area contributed by atoms with Gasteiger partial charge in [-0.25, -0.2) is 4.57 Å². The predicted octanol–water partition coefficient (Wildman–Crippen LogP) is 12.2. The van der Waals surface area contributed by atoms with E-state index in [2.05, 4.69) is 135 Å². The number of ether oxygens (including phenoxy) is 2. The lowest BCUT2D eigenvalue weighted by Crippen LogP contribution is -2.64. The maximum Gasteiger partial charge on any atom is 0.472 e. The van der Waals surface area contributed by atoms with Gasteiger partial charge in [-0.1, -0.05) is 180 Å². The second-order valence-corrected chi connectivity index (χ2v) is 19.0. The Morgan fingerprint density at radius 2 is 0.800 bits per heavy atom. The van der Waals surface area contributed by atoms with Crippen LogP contribution in [0.5, 0.6) is 0 Å². The van der Waals surface area contributed by atoms with Crippen molar-refractivity contribution in [2.45, 2.75) is 211 Å².